The van der Waals surface area contributed by atoms with Gasteiger partial charge in [-0.15, -0.1) is 0 Å². The van der Waals surface area contributed by atoms with Gasteiger partial charge in [0.05, 0.1) is 5.56 Å². The molecule has 1 N–H and O–H groups in total. The van der Waals surface area contributed by atoms with Crippen molar-refractivity contribution in [3.63, 3.8) is 0 Å². The summed E-state index contributed by atoms with van der Waals surface area (Å²) in [5.41, 5.74) is 0.790. The normalized spacial score (nSPS) is 18.0. The van der Waals surface area contributed by atoms with E-state index in [0.29, 0.717) is 12.0 Å². The molecule has 1 saturated carbocycles. The van der Waals surface area contributed by atoms with Crippen molar-refractivity contribution in [3.05, 3.63) is 33.4 Å². The van der Waals surface area contributed by atoms with Gasteiger partial charge in [0.25, 0.3) is 5.91 Å². The van der Waals surface area contributed by atoms with Crippen molar-refractivity contribution in [1.82, 2.24) is 5.32 Å². The van der Waals surface area contributed by atoms with Crippen LogP contribution in [0.4, 0.5) is 0 Å². The number of carbonyl (C=O) groups excluding carboxylic acids is 1. The zero-order chi connectivity index (χ0) is 12.3. The van der Waals surface area contributed by atoms with Crippen LogP contribution >= 0.6 is 22.6 Å². The molecule has 1 amide bonds. The summed E-state index contributed by atoms with van der Waals surface area (Å²) in [6.07, 6.45) is 5.14. The maximum absolute atomic E-state index is 12.1. The summed E-state index contributed by atoms with van der Waals surface area (Å²) >= 11 is 2.21. The highest BCUT2D eigenvalue weighted by Crippen LogP contribution is 2.27. The number of hydrogen-bond donors (Lipinski definition) is 1. The quantitative estimate of drug-likeness (QED) is 0.835. The van der Waals surface area contributed by atoms with E-state index >= 15 is 0 Å². The predicted molar refractivity (Wildman–Crippen MR) is 78.0 cm³/mol. The Hall–Kier alpha value is -0.580. The van der Waals surface area contributed by atoms with Gasteiger partial charge in [-0.05, 0) is 60.4 Å². The van der Waals surface area contributed by atoms with Crippen molar-refractivity contribution < 1.29 is 4.79 Å². The van der Waals surface area contributed by atoms with Gasteiger partial charge in [-0.2, -0.15) is 0 Å². The van der Waals surface area contributed by atoms with Crippen LogP contribution in [-0.4, -0.2) is 11.9 Å². The van der Waals surface area contributed by atoms with Crippen molar-refractivity contribution in [2.45, 2.75) is 38.6 Å². The first-order valence-corrected chi connectivity index (χ1v) is 7.32. The Balaban J connectivity index is 1.99. The van der Waals surface area contributed by atoms with Crippen LogP contribution in [-0.2, 0) is 0 Å². The van der Waals surface area contributed by atoms with Crippen LogP contribution in [0.25, 0.3) is 0 Å². The van der Waals surface area contributed by atoms with Crippen LogP contribution in [0.2, 0.25) is 0 Å². The molecular formula is C14H18INO. The summed E-state index contributed by atoms with van der Waals surface area (Å²) in [6.45, 7) is 2.13. The number of amides is 1. The Morgan fingerprint density at radius 1 is 1.35 bits per heavy atom. The van der Waals surface area contributed by atoms with Crippen molar-refractivity contribution >= 4 is 28.5 Å². The van der Waals surface area contributed by atoms with Gasteiger partial charge in [-0.25, -0.2) is 0 Å². The van der Waals surface area contributed by atoms with E-state index in [2.05, 4.69) is 34.8 Å². The third-order valence-corrected chi connectivity index (χ3v) is 4.52. The van der Waals surface area contributed by atoms with Gasteiger partial charge in [0.2, 0.25) is 0 Å². The SMILES string of the molecule is CC(NC(=O)c1ccccc1I)C1CCCC1. The predicted octanol–water partition coefficient (Wildman–Crippen LogP) is 3.60. The summed E-state index contributed by atoms with van der Waals surface area (Å²) in [7, 11) is 0. The monoisotopic (exact) mass is 343 g/mol. The summed E-state index contributed by atoms with van der Waals surface area (Å²) in [5.74, 6) is 0.731. The van der Waals surface area contributed by atoms with E-state index < -0.39 is 0 Å². The van der Waals surface area contributed by atoms with Gasteiger partial charge in [-0.1, -0.05) is 25.0 Å². The molecule has 92 valence electrons. The Bertz CT molecular complexity index is 399. The van der Waals surface area contributed by atoms with E-state index in [1.54, 1.807) is 0 Å². The van der Waals surface area contributed by atoms with Crippen molar-refractivity contribution in [3.8, 4) is 0 Å². The lowest BCUT2D eigenvalue weighted by Crippen LogP contribution is -2.37. The highest BCUT2D eigenvalue weighted by atomic mass is 127. The van der Waals surface area contributed by atoms with Crippen molar-refractivity contribution in [2.75, 3.05) is 0 Å². The molecule has 1 fully saturated rings. The molecule has 0 aliphatic heterocycles. The summed E-state index contributed by atoms with van der Waals surface area (Å²) in [4.78, 5) is 12.1. The minimum Gasteiger partial charge on any atom is -0.349 e. The molecule has 1 aromatic carbocycles. The Morgan fingerprint density at radius 2 is 2.00 bits per heavy atom. The Kier molecular flexibility index (Phi) is 4.42. The van der Waals surface area contributed by atoms with Crippen LogP contribution in [0.5, 0.6) is 0 Å². The molecule has 2 rings (SSSR count). The molecule has 1 aliphatic carbocycles. The van der Waals surface area contributed by atoms with E-state index in [1.165, 1.54) is 25.7 Å². The number of carbonyl (C=O) groups is 1. The van der Waals surface area contributed by atoms with Crippen LogP contribution < -0.4 is 5.32 Å². The second-order valence-electron chi connectivity index (χ2n) is 4.79. The van der Waals surface area contributed by atoms with Crippen molar-refractivity contribution in [1.29, 1.82) is 0 Å². The number of nitrogens with one attached hydrogen (secondary N) is 1. The number of rotatable bonds is 3. The minimum absolute atomic E-state index is 0.0643. The molecule has 0 heterocycles. The molecule has 0 saturated heterocycles. The molecule has 0 bridgehead atoms. The number of halogens is 1. The first kappa shape index (κ1) is 12.9. The lowest BCUT2D eigenvalue weighted by molar-refractivity contribution is 0.0926. The molecule has 1 aromatic rings. The third kappa shape index (κ3) is 3.21. The topological polar surface area (TPSA) is 29.1 Å². The van der Waals surface area contributed by atoms with Crippen LogP contribution in [0.1, 0.15) is 43.0 Å². The Morgan fingerprint density at radius 3 is 2.65 bits per heavy atom. The average Bonchev–Trinajstić information content (AvgIpc) is 2.82. The van der Waals surface area contributed by atoms with Gasteiger partial charge in [0.15, 0.2) is 0 Å². The number of benzene rings is 1. The van der Waals surface area contributed by atoms with Crippen molar-refractivity contribution in [2.24, 2.45) is 5.92 Å². The second kappa shape index (κ2) is 5.85. The maximum atomic E-state index is 12.1. The van der Waals surface area contributed by atoms with Crippen LogP contribution in [0, 0.1) is 9.49 Å². The lowest BCUT2D eigenvalue weighted by atomic mass is 9.99. The van der Waals surface area contributed by atoms with E-state index in [0.717, 1.165) is 9.13 Å². The fraction of sp³-hybridized carbons (Fsp3) is 0.500. The molecule has 1 aliphatic rings. The zero-order valence-corrected chi connectivity index (χ0v) is 12.2. The van der Waals surface area contributed by atoms with E-state index in [9.17, 15) is 4.79 Å². The van der Waals surface area contributed by atoms with Gasteiger partial charge < -0.3 is 5.32 Å². The molecule has 17 heavy (non-hydrogen) atoms. The average molecular weight is 343 g/mol. The highest BCUT2D eigenvalue weighted by Gasteiger charge is 2.23. The molecule has 1 unspecified atom stereocenters. The van der Waals surface area contributed by atoms with Gasteiger partial charge in [-0.3, -0.25) is 4.79 Å². The Labute approximate surface area is 116 Å². The fourth-order valence-electron chi connectivity index (χ4n) is 2.51. The first-order chi connectivity index (χ1) is 8.18. The smallest absolute Gasteiger partial charge is 0.252 e. The van der Waals surface area contributed by atoms with Gasteiger partial charge in [0, 0.05) is 9.61 Å². The molecule has 3 heteroatoms. The number of hydrogen-bond acceptors (Lipinski definition) is 1. The van der Waals surface area contributed by atoms with E-state index in [1.807, 2.05) is 24.3 Å². The van der Waals surface area contributed by atoms with Gasteiger partial charge in [0.1, 0.15) is 0 Å². The lowest BCUT2D eigenvalue weighted by Gasteiger charge is -2.20. The van der Waals surface area contributed by atoms with Gasteiger partial charge >= 0.3 is 0 Å². The third-order valence-electron chi connectivity index (χ3n) is 3.58. The molecule has 0 radical (unpaired) electrons. The van der Waals surface area contributed by atoms with Crippen LogP contribution in [0.15, 0.2) is 24.3 Å². The summed E-state index contributed by atoms with van der Waals surface area (Å²) in [5, 5.41) is 3.14. The first-order valence-electron chi connectivity index (χ1n) is 6.24. The summed E-state index contributed by atoms with van der Waals surface area (Å²) in [6, 6.07) is 8.02. The standard InChI is InChI=1S/C14H18INO/c1-10(11-6-2-3-7-11)16-14(17)12-8-4-5-9-13(12)15/h4-5,8-11H,2-3,6-7H2,1H3,(H,16,17). The highest BCUT2D eigenvalue weighted by molar-refractivity contribution is 14.1. The van der Waals surface area contributed by atoms with E-state index in [4.69, 9.17) is 0 Å². The van der Waals surface area contributed by atoms with E-state index in [-0.39, 0.29) is 5.91 Å². The van der Waals surface area contributed by atoms with Crippen LogP contribution in [0.3, 0.4) is 0 Å². The fourth-order valence-corrected chi connectivity index (χ4v) is 3.14. The molecule has 0 aromatic heterocycles. The largest absolute Gasteiger partial charge is 0.349 e. The summed E-state index contributed by atoms with van der Waals surface area (Å²) < 4.78 is 1.02. The molecule has 1 atom stereocenters. The second-order valence-corrected chi connectivity index (χ2v) is 5.95. The molecule has 2 nitrogen and oxygen atoms in total. The zero-order valence-electron chi connectivity index (χ0n) is 10.1. The molecular weight excluding hydrogens is 325 g/mol. The maximum Gasteiger partial charge on any atom is 0.252 e. The minimum atomic E-state index is 0.0643. The molecule has 0 spiro atoms.